The number of anilines is 1. The molecule has 4 rings (SSSR count). The Morgan fingerprint density at radius 1 is 1.26 bits per heavy atom. The van der Waals surface area contributed by atoms with E-state index in [4.69, 9.17) is 16.3 Å². The minimum atomic E-state index is -0.385. The zero-order valence-electron chi connectivity index (χ0n) is 17.7. The number of halogens is 1. The number of amides is 1. The van der Waals surface area contributed by atoms with Crippen LogP contribution in [0.2, 0.25) is 5.02 Å². The van der Waals surface area contributed by atoms with Crippen LogP contribution in [0.4, 0.5) is 5.00 Å². The fourth-order valence-electron chi connectivity index (χ4n) is 3.75. The van der Waals surface area contributed by atoms with E-state index < -0.39 is 0 Å². The molecule has 0 saturated heterocycles. The van der Waals surface area contributed by atoms with Crippen molar-refractivity contribution < 1.29 is 14.3 Å². The van der Waals surface area contributed by atoms with Gasteiger partial charge in [0.25, 0.3) is 5.91 Å². The molecule has 0 atom stereocenters. The van der Waals surface area contributed by atoms with Crippen LogP contribution in [0, 0.1) is 13.8 Å². The first kappa shape index (κ1) is 21.6. The van der Waals surface area contributed by atoms with Crippen LogP contribution in [0.25, 0.3) is 0 Å². The van der Waals surface area contributed by atoms with E-state index in [1.807, 2.05) is 13.8 Å². The second-order valence-electron chi connectivity index (χ2n) is 7.46. The summed E-state index contributed by atoms with van der Waals surface area (Å²) in [5, 5.41) is 12.8. The molecule has 0 bridgehead atoms. The Hall–Kier alpha value is -2.65. The Morgan fingerprint density at radius 3 is 2.74 bits per heavy atom. The molecule has 0 unspecified atom stereocenters. The summed E-state index contributed by atoms with van der Waals surface area (Å²) >= 11 is 7.66. The molecule has 3 aromatic heterocycles. The average Bonchev–Trinajstić information content (AvgIpc) is 3.42. The van der Waals surface area contributed by atoms with E-state index in [2.05, 4.69) is 15.5 Å². The van der Waals surface area contributed by atoms with Crippen molar-refractivity contribution in [2.45, 2.75) is 53.1 Å². The molecule has 10 heteroatoms. The van der Waals surface area contributed by atoms with Crippen LogP contribution >= 0.6 is 22.9 Å². The number of aryl methyl sites for hydroxylation is 2. The molecule has 0 spiro atoms. The molecule has 8 nitrogen and oxygen atoms in total. The number of thiophene rings is 1. The summed E-state index contributed by atoms with van der Waals surface area (Å²) in [5.74, 6) is -0.751. The predicted molar refractivity (Wildman–Crippen MR) is 119 cm³/mol. The first-order chi connectivity index (χ1) is 14.9. The minimum Gasteiger partial charge on any atom is -0.462 e. The number of fused-ring (bicyclic) bond motifs is 1. The van der Waals surface area contributed by atoms with Crippen molar-refractivity contribution in [1.29, 1.82) is 0 Å². The van der Waals surface area contributed by atoms with Gasteiger partial charge >= 0.3 is 5.97 Å². The predicted octanol–water partition coefficient (Wildman–Crippen LogP) is 4.22. The number of ether oxygens (including phenoxy) is 1. The highest BCUT2D eigenvalue weighted by Crippen LogP contribution is 2.38. The van der Waals surface area contributed by atoms with Crippen molar-refractivity contribution in [3.05, 3.63) is 50.4 Å². The topological polar surface area (TPSA) is 91.0 Å². The van der Waals surface area contributed by atoms with Crippen LogP contribution in [0.15, 0.2) is 12.3 Å². The third kappa shape index (κ3) is 4.24. The van der Waals surface area contributed by atoms with Crippen molar-refractivity contribution in [3.8, 4) is 0 Å². The Labute approximate surface area is 189 Å². The van der Waals surface area contributed by atoms with Gasteiger partial charge in [-0.15, -0.1) is 11.3 Å². The Morgan fingerprint density at radius 2 is 2.03 bits per heavy atom. The molecule has 164 valence electrons. The first-order valence-corrected chi connectivity index (χ1v) is 11.4. The van der Waals surface area contributed by atoms with Gasteiger partial charge in [-0.25, -0.2) is 9.48 Å². The van der Waals surface area contributed by atoms with Gasteiger partial charge in [0.2, 0.25) is 0 Å². The summed E-state index contributed by atoms with van der Waals surface area (Å²) in [5.41, 5.74) is 3.35. The molecule has 3 aromatic rings. The standard InChI is InChI=1S/C21H24ClN5O3S/c1-4-30-21(29)17-14-7-5-6-8-16(14)31-20(17)23-19(28)15-9-10-26(25-15)11-27-13(3)18(22)12(2)24-27/h9-10H,4-8,11H2,1-3H3,(H,23,28). The zero-order chi connectivity index (χ0) is 22.1. The Balaban J connectivity index is 1.54. The normalized spacial score (nSPS) is 13.2. The lowest BCUT2D eigenvalue weighted by Crippen LogP contribution is -2.17. The summed E-state index contributed by atoms with van der Waals surface area (Å²) in [6.07, 6.45) is 5.58. The molecule has 0 aliphatic heterocycles. The molecule has 0 radical (unpaired) electrons. The summed E-state index contributed by atoms with van der Waals surface area (Å²) in [6.45, 7) is 6.13. The van der Waals surface area contributed by atoms with E-state index in [1.165, 1.54) is 11.3 Å². The van der Waals surface area contributed by atoms with E-state index in [9.17, 15) is 9.59 Å². The lowest BCUT2D eigenvalue weighted by Gasteiger charge is -2.12. The summed E-state index contributed by atoms with van der Waals surface area (Å²) in [6, 6.07) is 1.64. The number of aromatic nitrogens is 4. The molecule has 1 aliphatic carbocycles. The molecule has 1 N–H and O–H groups in total. The largest absolute Gasteiger partial charge is 0.462 e. The number of nitrogens with one attached hydrogen (secondary N) is 1. The van der Waals surface area contributed by atoms with Gasteiger partial charge in [0.05, 0.1) is 28.6 Å². The lowest BCUT2D eigenvalue weighted by atomic mass is 9.95. The highest BCUT2D eigenvalue weighted by Gasteiger charge is 2.27. The van der Waals surface area contributed by atoms with Gasteiger partial charge in [0, 0.05) is 11.1 Å². The number of nitrogens with zero attached hydrogens (tertiary/aromatic N) is 4. The van der Waals surface area contributed by atoms with Gasteiger partial charge in [-0.1, -0.05) is 11.6 Å². The van der Waals surface area contributed by atoms with E-state index in [0.717, 1.165) is 47.5 Å². The van der Waals surface area contributed by atoms with Gasteiger partial charge < -0.3 is 10.1 Å². The maximum Gasteiger partial charge on any atom is 0.341 e. The highest BCUT2D eigenvalue weighted by atomic mass is 35.5. The summed E-state index contributed by atoms with van der Waals surface area (Å²) in [7, 11) is 0. The SMILES string of the molecule is CCOC(=O)c1c(NC(=O)c2ccn(Cn3nc(C)c(Cl)c3C)n2)sc2c1CCCC2. The maximum atomic E-state index is 12.9. The molecule has 31 heavy (non-hydrogen) atoms. The van der Waals surface area contributed by atoms with E-state index in [-0.39, 0.29) is 24.2 Å². The van der Waals surface area contributed by atoms with E-state index >= 15 is 0 Å². The maximum absolute atomic E-state index is 12.9. The molecule has 0 aromatic carbocycles. The molecule has 3 heterocycles. The third-order valence-electron chi connectivity index (χ3n) is 5.32. The Kier molecular flexibility index (Phi) is 6.15. The first-order valence-electron chi connectivity index (χ1n) is 10.2. The molecule has 1 aliphatic rings. The second-order valence-corrected chi connectivity index (χ2v) is 8.94. The van der Waals surface area contributed by atoms with Gasteiger partial charge in [0.15, 0.2) is 5.69 Å². The molecule has 1 amide bonds. The molecule has 0 fully saturated rings. The fourth-order valence-corrected chi connectivity index (χ4v) is 5.16. The monoisotopic (exact) mass is 461 g/mol. The van der Waals surface area contributed by atoms with Crippen molar-refractivity contribution in [3.63, 3.8) is 0 Å². The van der Waals surface area contributed by atoms with Crippen LogP contribution in [0.1, 0.15) is 62.4 Å². The van der Waals surface area contributed by atoms with Gasteiger partial charge in [-0.3, -0.25) is 9.48 Å². The van der Waals surface area contributed by atoms with Crippen LogP contribution in [-0.2, 0) is 24.2 Å². The van der Waals surface area contributed by atoms with Crippen molar-refractivity contribution in [1.82, 2.24) is 19.6 Å². The fraction of sp³-hybridized carbons (Fsp3) is 0.429. The summed E-state index contributed by atoms with van der Waals surface area (Å²) < 4.78 is 8.61. The lowest BCUT2D eigenvalue weighted by molar-refractivity contribution is 0.0526. The quantitative estimate of drug-likeness (QED) is 0.555. The molecule has 0 saturated carbocycles. The molecular formula is C21H24ClN5O3S. The van der Waals surface area contributed by atoms with Crippen molar-refractivity contribution in [2.24, 2.45) is 0 Å². The number of hydrogen-bond acceptors (Lipinski definition) is 6. The third-order valence-corrected chi connectivity index (χ3v) is 7.08. The zero-order valence-corrected chi connectivity index (χ0v) is 19.3. The van der Waals surface area contributed by atoms with Crippen LogP contribution in [-0.4, -0.2) is 38.0 Å². The number of rotatable bonds is 6. The number of esters is 1. The Bertz CT molecular complexity index is 1150. The minimum absolute atomic E-state index is 0.258. The van der Waals surface area contributed by atoms with E-state index in [1.54, 1.807) is 28.6 Å². The summed E-state index contributed by atoms with van der Waals surface area (Å²) in [4.78, 5) is 26.6. The number of carbonyl (C=O) groups excluding carboxylic acids is 2. The number of carbonyl (C=O) groups is 2. The smallest absolute Gasteiger partial charge is 0.341 e. The highest BCUT2D eigenvalue weighted by molar-refractivity contribution is 7.17. The second kappa shape index (κ2) is 8.84. The molecular weight excluding hydrogens is 438 g/mol. The van der Waals surface area contributed by atoms with Crippen LogP contribution < -0.4 is 5.32 Å². The van der Waals surface area contributed by atoms with Gasteiger partial charge in [0.1, 0.15) is 11.7 Å². The van der Waals surface area contributed by atoms with Gasteiger partial charge in [-0.2, -0.15) is 10.2 Å². The van der Waals surface area contributed by atoms with Gasteiger partial charge in [-0.05, 0) is 58.1 Å². The van der Waals surface area contributed by atoms with Crippen LogP contribution in [0.3, 0.4) is 0 Å². The average molecular weight is 462 g/mol. The van der Waals surface area contributed by atoms with Crippen molar-refractivity contribution >= 4 is 39.8 Å². The van der Waals surface area contributed by atoms with Crippen molar-refractivity contribution in [2.75, 3.05) is 11.9 Å². The van der Waals surface area contributed by atoms with Crippen LogP contribution in [0.5, 0.6) is 0 Å². The number of hydrogen-bond donors (Lipinski definition) is 1. The van der Waals surface area contributed by atoms with E-state index in [0.29, 0.717) is 22.3 Å².